The number of nitrogens with one attached hydrogen (secondary N) is 1. The molecule has 0 unspecified atom stereocenters. The molecular formula is C18H18ClN3O3. The zero-order valence-corrected chi connectivity index (χ0v) is 14.4. The van der Waals surface area contributed by atoms with Gasteiger partial charge in [-0.3, -0.25) is 9.69 Å². The minimum Gasteiger partial charge on any atom is -0.492 e. The number of aromatic amines is 1. The fourth-order valence-corrected chi connectivity index (χ4v) is 3.35. The van der Waals surface area contributed by atoms with Gasteiger partial charge in [0.15, 0.2) is 0 Å². The molecule has 130 valence electrons. The van der Waals surface area contributed by atoms with Crippen LogP contribution in [0.4, 0.5) is 0 Å². The smallest absolute Gasteiger partial charge is 0.257 e. The van der Waals surface area contributed by atoms with Crippen LogP contribution in [-0.2, 0) is 4.74 Å². The number of hydrogen-bond donors (Lipinski definition) is 1. The van der Waals surface area contributed by atoms with Crippen molar-refractivity contribution in [2.75, 3.05) is 39.5 Å². The molecule has 0 bridgehead atoms. The molecule has 0 atom stereocenters. The van der Waals surface area contributed by atoms with Crippen LogP contribution >= 0.6 is 11.6 Å². The first-order valence-corrected chi connectivity index (χ1v) is 8.63. The third-order valence-corrected chi connectivity index (χ3v) is 4.73. The van der Waals surface area contributed by atoms with E-state index in [2.05, 4.69) is 14.9 Å². The Hall–Kier alpha value is -2.15. The van der Waals surface area contributed by atoms with Crippen LogP contribution in [0.1, 0.15) is 0 Å². The molecule has 0 amide bonds. The Bertz CT molecular complexity index is 967. The molecule has 6 nitrogen and oxygen atoms in total. The summed E-state index contributed by atoms with van der Waals surface area (Å²) in [6.07, 6.45) is 1.58. The molecule has 0 radical (unpaired) electrons. The van der Waals surface area contributed by atoms with Crippen LogP contribution in [-0.4, -0.2) is 54.3 Å². The normalized spacial score (nSPS) is 15.7. The van der Waals surface area contributed by atoms with E-state index >= 15 is 0 Å². The average molecular weight is 360 g/mol. The Morgan fingerprint density at radius 1 is 1.24 bits per heavy atom. The second-order valence-electron chi connectivity index (χ2n) is 5.98. The van der Waals surface area contributed by atoms with Crippen molar-refractivity contribution >= 4 is 33.4 Å². The van der Waals surface area contributed by atoms with E-state index < -0.39 is 0 Å². The van der Waals surface area contributed by atoms with E-state index in [1.165, 1.54) is 0 Å². The maximum atomic E-state index is 12.4. The van der Waals surface area contributed by atoms with Crippen molar-refractivity contribution in [2.24, 2.45) is 0 Å². The Morgan fingerprint density at radius 2 is 2.08 bits per heavy atom. The van der Waals surface area contributed by atoms with E-state index in [4.69, 9.17) is 21.1 Å². The number of nitrogens with zero attached hydrogens (tertiary/aromatic N) is 2. The maximum Gasteiger partial charge on any atom is 0.257 e. The maximum absolute atomic E-state index is 12.4. The Balaban J connectivity index is 1.59. The predicted octanol–water partition coefficient (Wildman–Crippen LogP) is 2.44. The highest BCUT2D eigenvalue weighted by molar-refractivity contribution is 6.37. The van der Waals surface area contributed by atoms with Gasteiger partial charge >= 0.3 is 0 Å². The number of hydrogen-bond acceptors (Lipinski definition) is 5. The van der Waals surface area contributed by atoms with Crippen molar-refractivity contribution in [1.82, 2.24) is 14.9 Å². The van der Waals surface area contributed by atoms with E-state index in [0.29, 0.717) is 28.4 Å². The molecular weight excluding hydrogens is 342 g/mol. The van der Waals surface area contributed by atoms with Crippen molar-refractivity contribution in [3.8, 4) is 5.75 Å². The SMILES string of the molecule is O=c1[nH]c2nccc(Cl)c2c2ccc(OCCN3CCOCC3)cc12. The van der Waals surface area contributed by atoms with Gasteiger partial charge in [0.25, 0.3) is 5.56 Å². The van der Waals surface area contributed by atoms with E-state index in [9.17, 15) is 4.79 Å². The average Bonchev–Trinajstić information content (AvgIpc) is 2.63. The largest absolute Gasteiger partial charge is 0.492 e. The van der Waals surface area contributed by atoms with E-state index in [-0.39, 0.29) is 5.56 Å². The van der Waals surface area contributed by atoms with Gasteiger partial charge in [-0.25, -0.2) is 4.98 Å². The molecule has 2 aromatic heterocycles. The number of fused-ring (bicyclic) bond motifs is 3. The number of H-pyrrole nitrogens is 1. The molecule has 3 heterocycles. The summed E-state index contributed by atoms with van der Waals surface area (Å²) in [6, 6.07) is 7.21. The van der Waals surface area contributed by atoms with Gasteiger partial charge < -0.3 is 14.5 Å². The summed E-state index contributed by atoms with van der Waals surface area (Å²) in [7, 11) is 0. The molecule has 4 rings (SSSR count). The minimum atomic E-state index is -0.198. The van der Waals surface area contributed by atoms with Gasteiger partial charge in [0.05, 0.1) is 23.6 Å². The summed E-state index contributed by atoms with van der Waals surface area (Å²) >= 11 is 6.29. The van der Waals surface area contributed by atoms with Crippen LogP contribution in [0, 0.1) is 0 Å². The van der Waals surface area contributed by atoms with Crippen LogP contribution in [0.25, 0.3) is 21.8 Å². The summed E-state index contributed by atoms with van der Waals surface area (Å²) in [4.78, 5) is 21.6. The molecule has 0 saturated carbocycles. The summed E-state index contributed by atoms with van der Waals surface area (Å²) in [5.74, 6) is 0.672. The topological polar surface area (TPSA) is 67.5 Å². The third-order valence-electron chi connectivity index (χ3n) is 4.42. The van der Waals surface area contributed by atoms with Crippen molar-refractivity contribution in [2.45, 2.75) is 0 Å². The number of aromatic nitrogens is 2. The molecule has 0 aliphatic carbocycles. The second kappa shape index (κ2) is 7.00. The lowest BCUT2D eigenvalue weighted by Gasteiger charge is -2.26. The molecule has 1 aliphatic rings. The quantitative estimate of drug-likeness (QED) is 0.725. The number of morpholine rings is 1. The van der Waals surface area contributed by atoms with Gasteiger partial charge in [0, 0.05) is 31.2 Å². The Morgan fingerprint density at radius 3 is 2.92 bits per heavy atom. The predicted molar refractivity (Wildman–Crippen MR) is 97.6 cm³/mol. The molecule has 1 saturated heterocycles. The number of halogens is 1. The number of pyridine rings is 2. The van der Waals surface area contributed by atoms with Gasteiger partial charge in [0.1, 0.15) is 18.0 Å². The lowest BCUT2D eigenvalue weighted by atomic mass is 10.1. The van der Waals surface area contributed by atoms with Crippen LogP contribution < -0.4 is 10.3 Å². The molecule has 3 aromatic rings. The van der Waals surface area contributed by atoms with Crippen molar-refractivity contribution in [1.29, 1.82) is 0 Å². The number of ether oxygens (including phenoxy) is 2. The van der Waals surface area contributed by atoms with Gasteiger partial charge in [-0.05, 0) is 29.7 Å². The van der Waals surface area contributed by atoms with Gasteiger partial charge in [-0.2, -0.15) is 0 Å². The highest BCUT2D eigenvalue weighted by Gasteiger charge is 2.12. The second-order valence-corrected chi connectivity index (χ2v) is 6.39. The molecule has 7 heteroatoms. The van der Waals surface area contributed by atoms with Gasteiger partial charge in [-0.15, -0.1) is 0 Å². The molecule has 1 aliphatic heterocycles. The van der Waals surface area contributed by atoms with E-state index in [0.717, 1.165) is 43.6 Å². The molecule has 1 N–H and O–H groups in total. The molecule has 0 spiro atoms. The zero-order valence-electron chi connectivity index (χ0n) is 13.6. The van der Waals surface area contributed by atoms with Crippen LogP contribution in [0.15, 0.2) is 35.3 Å². The van der Waals surface area contributed by atoms with Gasteiger partial charge in [-0.1, -0.05) is 11.6 Å². The van der Waals surface area contributed by atoms with E-state index in [1.807, 2.05) is 12.1 Å². The number of benzene rings is 1. The summed E-state index contributed by atoms with van der Waals surface area (Å²) < 4.78 is 11.2. The fourth-order valence-electron chi connectivity index (χ4n) is 3.10. The highest BCUT2D eigenvalue weighted by Crippen LogP contribution is 2.28. The fraction of sp³-hybridized carbons (Fsp3) is 0.333. The molecule has 25 heavy (non-hydrogen) atoms. The Labute approximate surface area is 149 Å². The monoisotopic (exact) mass is 359 g/mol. The van der Waals surface area contributed by atoms with Crippen molar-refractivity contribution < 1.29 is 9.47 Å². The number of rotatable bonds is 4. The summed E-state index contributed by atoms with van der Waals surface area (Å²) in [6.45, 7) is 4.81. The highest BCUT2D eigenvalue weighted by atomic mass is 35.5. The molecule has 1 fully saturated rings. The minimum absolute atomic E-state index is 0.198. The zero-order chi connectivity index (χ0) is 17.2. The van der Waals surface area contributed by atoms with E-state index in [1.54, 1.807) is 18.3 Å². The lowest BCUT2D eigenvalue weighted by molar-refractivity contribution is 0.0322. The van der Waals surface area contributed by atoms with Crippen molar-refractivity contribution in [3.05, 3.63) is 45.8 Å². The summed E-state index contributed by atoms with van der Waals surface area (Å²) in [5, 5.41) is 2.63. The summed E-state index contributed by atoms with van der Waals surface area (Å²) in [5.41, 5.74) is 0.293. The van der Waals surface area contributed by atoms with Crippen LogP contribution in [0.3, 0.4) is 0 Å². The Kier molecular flexibility index (Phi) is 4.57. The third kappa shape index (κ3) is 3.33. The lowest BCUT2D eigenvalue weighted by Crippen LogP contribution is -2.38. The standard InChI is InChI=1S/C18H18ClN3O3/c19-15-3-4-20-17-16(15)13-2-1-12(11-14(13)18(23)21-17)25-10-7-22-5-8-24-9-6-22/h1-4,11H,5-10H2,(H,20,21,23). The molecule has 1 aromatic carbocycles. The first-order chi connectivity index (χ1) is 12.2. The first-order valence-electron chi connectivity index (χ1n) is 8.25. The van der Waals surface area contributed by atoms with Gasteiger partial charge in [0.2, 0.25) is 0 Å². The van der Waals surface area contributed by atoms with Crippen molar-refractivity contribution in [3.63, 3.8) is 0 Å². The van der Waals surface area contributed by atoms with Crippen LogP contribution in [0.5, 0.6) is 5.75 Å². The first kappa shape index (κ1) is 16.3. The van der Waals surface area contributed by atoms with Crippen LogP contribution in [0.2, 0.25) is 5.02 Å².